The lowest BCUT2D eigenvalue weighted by atomic mass is 10.1. The number of ether oxygens (including phenoxy) is 1. The first kappa shape index (κ1) is 19.9. The van der Waals surface area contributed by atoms with E-state index < -0.39 is 11.9 Å². The minimum atomic E-state index is -0.631. The van der Waals surface area contributed by atoms with Crippen LogP contribution < -0.4 is 10.5 Å². The number of benzene rings is 1. The summed E-state index contributed by atoms with van der Waals surface area (Å²) in [5.41, 5.74) is 7.94. The molecular weight excluding hydrogens is 416 g/mol. The van der Waals surface area contributed by atoms with Gasteiger partial charge in [0.15, 0.2) is 11.6 Å². The van der Waals surface area contributed by atoms with E-state index in [1.54, 1.807) is 19.2 Å². The van der Waals surface area contributed by atoms with Crippen LogP contribution in [0, 0.1) is 5.82 Å². The van der Waals surface area contributed by atoms with E-state index in [2.05, 4.69) is 21.5 Å². The molecule has 1 aromatic carbocycles. The Labute approximate surface area is 178 Å². The number of likely N-dealkylation sites (N-methyl/N-ethyl adjacent to an activating group) is 1. The summed E-state index contributed by atoms with van der Waals surface area (Å²) in [5.74, 6) is 1.01. The van der Waals surface area contributed by atoms with Crippen molar-refractivity contribution in [1.29, 1.82) is 0 Å². The van der Waals surface area contributed by atoms with Gasteiger partial charge in [-0.1, -0.05) is 23.2 Å². The fraction of sp³-hybridized carbons (Fsp3) is 0.300. The molecule has 0 bridgehead atoms. The van der Waals surface area contributed by atoms with Crippen molar-refractivity contribution in [3.05, 3.63) is 57.8 Å². The molecule has 1 atom stereocenters. The molecule has 1 aliphatic rings. The topological polar surface area (TPSA) is 69.2 Å². The SMILES string of the molecule is CC(Oc1cc(-c2cn3c(n2)CN(C)CC3)cnc1N)c1c(Cl)ccc(F)c1Cl. The number of aromatic nitrogens is 3. The number of rotatable bonds is 4. The Kier molecular flexibility index (Phi) is 5.38. The molecule has 0 saturated heterocycles. The standard InChI is InChI=1S/C20H20Cl2FN5O/c1-11(18-13(21)3-4-14(23)19(18)22)29-16-7-12(8-25-20(16)24)15-9-28-6-5-27(2)10-17(28)26-15/h3-4,7-9,11H,5-6,10H2,1-2H3,(H2,24,25). The first-order chi connectivity index (χ1) is 13.8. The number of hydrogen-bond acceptors (Lipinski definition) is 5. The Morgan fingerprint density at radius 2 is 2.07 bits per heavy atom. The predicted molar refractivity (Wildman–Crippen MR) is 112 cm³/mol. The third-order valence-corrected chi connectivity index (χ3v) is 5.67. The molecule has 1 aliphatic heterocycles. The van der Waals surface area contributed by atoms with Crippen LogP contribution in [0.5, 0.6) is 5.75 Å². The zero-order chi connectivity index (χ0) is 20.7. The van der Waals surface area contributed by atoms with Gasteiger partial charge in [-0.05, 0) is 32.2 Å². The molecule has 2 N–H and O–H groups in total. The van der Waals surface area contributed by atoms with Crippen molar-refractivity contribution in [2.24, 2.45) is 0 Å². The summed E-state index contributed by atoms with van der Waals surface area (Å²) in [5, 5.41) is 0.246. The van der Waals surface area contributed by atoms with Gasteiger partial charge >= 0.3 is 0 Å². The summed E-state index contributed by atoms with van der Waals surface area (Å²) in [7, 11) is 2.07. The molecule has 3 aromatic rings. The first-order valence-corrected chi connectivity index (χ1v) is 9.89. The first-order valence-electron chi connectivity index (χ1n) is 9.14. The lowest BCUT2D eigenvalue weighted by molar-refractivity contribution is 0.227. The maximum atomic E-state index is 13.9. The number of pyridine rings is 1. The van der Waals surface area contributed by atoms with Gasteiger partial charge in [-0.15, -0.1) is 0 Å². The van der Waals surface area contributed by atoms with E-state index in [9.17, 15) is 4.39 Å². The van der Waals surface area contributed by atoms with Crippen molar-refractivity contribution in [3.63, 3.8) is 0 Å². The zero-order valence-electron chi connectivity index (χ0n) is 16.0. The normalized spacial score (nSPS) is 15.2. The Morgan fingerprint density at radius 3 is 2.86 bits per heavy atom. The largest absolute Gasteiger partial charge is 0.482 e. The summed E-state index contributed by atoms with van der Waals surface area (Å²) in [6.07, 6.45) is 3.03. The molecule has 3 heterocycles. The van der Waals surface area contributed by atoms with Crippen LogP contribution >= 0.6 is 23.2 Å². The monoisotopic (exact) mass is 435 g/mol. The molecule has 152 valence electrons. The number of nitrogens with zero attached hydrogens (tertiary/aromatic N) is 4. The van der Waals surface area contributed by atoms with Crippen molar-refractivity contribution in [1.82, 2.24) is 19.4 Å². The van der Waals surface area contributed by atoms with Crippen LogP contribution in [0.15, 0.2) is 30.6 Å². The molecular formula is C20H20Cl2FN5O. The second kappa shape index (κ2) is 7.82. The average Bonchev–Trinajstić information content (AvgIpc) is 3.10. The zero-order valence-corrected chi connectivity index (χ0v) is 17.5. The summed E-state index contributed by atoms with van der Waals surface area (Å²) >= 11 is 12.3. The number of hydrogen-bond donors (Lipinski definition) is 1. The van der Waals surface area contributed by atoms with Crippen molar-refractivity contribution in [2.45, 2.75) is 26.1 Å². The van der Waals surface area contributed by atoms with Crippen LogP contribution in [0.1, 0.15) is 24.4 Å². The van der Waals surface area contributed by atoms with Gasteiger partial charge < -0.3 is 15.0 Å². The minimum absolute atomic E-state index is 0.0708. The highest BCUT2D eigenvalue weighted by molar-refractivity contribution is 6.36. The summed E-state index contributed by atoms with van der Waals surface area (Å²) in [6, 6.07) is 4.44. The number of fused-ring (bicyclic) bond motifs is 1. The van der Waals surface area contributed by atoms with E-state index in [0.717, 1.165) is 36.7 Å². The van der Waals surface area contributed by atoms with Gasteiger partial charge in [0.2, 0.25) is 0 Å². The van der Waals surface area contributed by atoms with Crippen molar-refractivity contribution < 1.29 is 9.13 Å². The highest BCUT2D eigenvalue weighted by Crippen LogP contribution is 2.37. The average molecular weight is 436 g/mol. The summed E-state index contributed by atoms with van der Waals surface area (Å²) < 4.78 is 22.0. The van der Waals surface area contributed by atoms with Crippen molar-refractivity contribution in [2.75, 3.05) is 19.3 Å². The lowest BCUT2D eigenvalue weighted by Crippen LogP contribution is -2.30. The molecule has 0 saturated carbocycles. The van der Waals surface area contributed by atoms with Gasteiger partial charge in [0, 0.05) is 41.6 Å². The second-order valence-corrected chi connectivity index (χ2v) is 7.88. The van der Waals surface area contributed by atoms with Gasteiger partial charge in [0.05, 0.1) is 17.3 Å². The number of anilines is 1. The van der Waals surface area contributed by atoms with Crippen molar-refractivity contribution in [3.8, 4) is 17.0 Å². The molecule has 0 fully saturated rings. The number of halogens is 3. The third kappa shape index (κ3) is 3.90. The van der Waals surface area contributed by atoms with Crippen LogP contribution in [0.3, 0.4) is 0 Å². The van der Waals surface area contributed by atoms with Gasteiger partial charge in [0.1, 0.15) is 17.7 Å². The molecule has 4 rings (SSSR count). The third-order valence-electron chi connectivity index (χ3n) is 4.96. The summed E-state index contributed by atoms with van der Waals surface area (Å²) in [4.78, 5) is 11.2. The van der Waals surface area contributed by atoms with Crippen LogP contribution in [0.4, 0.5) is 10.2 Å². The smallest absolute Gasteiger partial charge is 0.166 e. The van der Waals surface area contributed by atoms with Gasteiger partial charge in [0.25, 0.3) is 0 Å². The molecule has 0 spiro atoms. The Balaban J connectivity index is 1.64. The Morgan fingerprint density at radius 1 is 1.28 bits per heavy atom. The molecule has 9 heteroatoms. The van der Waals surface area contributed by atoms with Gasteiger partial charge in [-0.2, -0.15) is 0 Å². The molecule has 0 amide bonds. The maximum absolute atomic E-state index is 13.9. The fourth-order valence-electron chi connectivity index (χ4n) is 3.37. The van der Waals surface area contributed by atoms with E-state index in [1.807, 2.05) is 6.20 Å². The highest BCUT2D eigenvalue weighted by Gasteiger charge is 2.21. The molecule has 6 nitrogen and oxygen atoms in total. The molecule has 2 aromatic heterocycles. The molecule has 0 radical (unpaired) electrons. The quantitative estimate of drug-likeness (QED) is 0.608. The van der Waals surface area contributed by atoms with Crippen LogP contribution in [-0.2, 0) is 13.1 Å². The molecule has 0 aliphatic carbocycles. The van der Waals surface area contributed by atoms with E-state index in [-0.39, 0.29) is 10.8 Å². The molecule has 29 heavy (non-hydrogen) atoms. The van der Waals surface area contributed by atoms with Crippen LogP contribution in [0.25, 0.3) is 11.3 Å². The predicted octanol–water partition coefficient (Wildman–Crippen LogP) is 4.56. The van der Waals surface area contributed by atoms with Gasteiger partial charge in [-0.25, -0.2) is 14.4 Å². The number of nitrogens with two attached hydrogens (primary N) is 1. The van der Waals surface area contributed by atoms with E-state index in [4.69, 9.17) is 38.7 Å². The Hall–Kier alpha value is -2.35. The van der Waals surface area contributed by atoms with Gasteiger partial charge in [-0.3, -0.25) is 4.90 Å². The van der Waals surface area contributed by atoms with E-state index in [1.165, 1.54) is 12.1 Å². The van der Waals surface area contributed by atoms with Crippen molar-refractivity contribution >= 4 is 29.0 Å². The second-order valence-electron chi connectivity index (χ2n) is 7.10. The maximum Gasteiger partial charge on any atom is 0.166 e. The molecule has 1 unspecified atom stereocenters. The fourth-order valence-corrected chi connectivity index (χ4v) is 4.04. The number of nitrogen functional groups attached to an aromatic ring is 1. The van der Waals surface area contributed by atoms with Crippen LogP contribution in [0.2, 0.25) is 10.0 Å². The van der Waals surface area contributed by atoms with E-state index in [0.29, 0.717) is 16.3 Å². The minimum Gasteiger partial charge on any atom is -0.482 e. The van der Waals surface area contributed by atoms with Crippen LogP contribution in [-0.4, -0.2) is 33.0 Å². The lowest BCUT2D eigenvalue weighted by Gasteiger charge is -2.22. The summed E-state index contributed by atoms with van der Waals surface area (Å²) in [6.45, 7) is 4.38. The van der Waals surface area contributed by atoms with E-state index >= 15 is 0 Å². The highest BCUT2D eigenvalue weighted by atomic mass is 35.5. The number of imidazole rings is 1. The Bertz CT molecular complexity index is 1070.